The first-order chi connectivity index (χ1) is 10.4. The second-order valence-corrected chi connectivity index (χ2v) is 6.63. The van der Waals surface area contributed by atoms with E-state index in [-0.39, 0.29) is 0 Å². The summed E-state index contributed by atoms with van der Waals surface area (Å²) in [4.78, 5) is 15.9. The van der Waals surface area contributed by atoms with Gasteiger partial charge in [-0.1, -0.05) is 12.1 Å². The van der Waals surface area contributed by atoms with E-state index in [1.807, 2.05) is 55.9 Å². The van der Waals surface area contributed by atoms with Crippen LogP contribution in [0.4, 0.5) is 10.5 Å². The monoisotopic (exact) mass is 319 g/mol. The van der Waals surface area contributed by atoms with Gasteiger partial charge in [0.1, 0.15) is 5.60 Å². The molecule has 0 aliphatic carbocycles. The first-order valence-electron chi connectivity index (χ1n) is 7.09. The van der Waals surface area contributed by atoms with Crippen molar-refractivity contribution in [2.45, 2.75) is 39.5 Å². The van der Waals surface area contributed by atoms with Crippen molar-refractivity contribution in [1.29, 1.82) is 0 Å². The number of nitrogens with one attached hydrogen (secondary N) is 2. The number of ether oxygens (including phenoxy) is 1. The maximum atomic E-state index is 11.7. The van der Waals surface area contributed by atoms with Gasteiger partial charge in [-0.25, -0.2) is 9.78 Å². The molecule has 0 aliphatic rings. The zero-order valence-electron chi connectivity index (χ0n) is 13.1. The molecule has 0 saturated carbocycles. The molecular formula is C16H21N3O2S. The van der Waals surface area contributed by atoms with Gasteiger partial charge in [-0.3, -0.25) is 5.32 Å². The van der Waals surface area contributed by atoms with Gasteiger partial charge < -0.3 is 10.1 Å². The normalized spacial score (nSPS) is 11.2. The Bertz CT molecular complexity index is 589. The van der Waals surface area contributed by atoms with Crippen LogP contribution in [0.2, 0.25) is 0 Å². The van der Waals surface area contributed by atoms with E-state index in [1.165, 1.54) is 0 Å². The Kier molecular flexibility index (Phi) is 5.51. The molecule has 2 rings (SSSR count). The first kappa shape index (κ1) is 16.5. The molecule has 2 aromatic rings. The fourth-order valence-corrected chi connectivity index (χ4v) is 2.35. The quantitative estimate of drug-likeness (QED) is 0.880. The van der Waals surface area contributed by atoms with E-state index in [0.717, 1.165) is 30.0 Å². The van der Waals surface area contributed by atoms with E-state index < -0.39 is 11.7 Å². The van der Waals surface area contributed by atoms with Crippen LogP contribution in [0, 0.1) is 0 Å². The van der Waals surface area contributed by atoms with E-state index in [0.29, 0.717) is 0 Å². The molecule has 1 aromatic carbocycles. The van der Waals surface area contributed by atoms with Crippen LogP contribution in [0.1, 0.15) is 32.0 Å². The minimum absolute atomic E-state index is 0.443. The number of carbonyl (C=O) groups excluding carboxylic acids is 1. The molecule has 0 bridgehead atoms. The highest BCUT2D eigenvalue weighted by molar-refractivity contribution is 7.07. The predicted molar refractivity (Wildman–Crippen MR) is 89.0 cm³/mol. The van der Waals surface area contributed by atoms with Crippen LogP contribution in [-0.2, 0) is 17.8 Å². The summed E-state index contributed by atoms with van der Waals surface area (Å²) in [6.07, 6.45) is -0.443. The molecule has 1 amide bonds. The minimum atomic E-state index is -0.496. The number of benzene rings is 1. The van der Waals surface area contributed by atoms with Crippen molar-refractivity contribution < 1.29 is 9.53 Å². The molecule has 1 aromatic heterocycles. The second-order valence-electron chi connectivity index (χ2n) is 5.91. The number of hydrogen-bond donors (Lipinski definition) is 2. The first-order valence-corrected chi connectivity index (χ1v) is 8.03. The molecule has 5 nitrogen and oxygen atoms in total. The lowest BCUT2D eigenvalue weighted by Crippen LogP contribution is -2.27. The summed E-state index contributed by atoms with van der Waals surface area (Å²) < 4.78 is 5.21. The number of thiazole rings is 1. The second kappa shape index (κ2) is 7.38. The number of rotatable bonds is 5. The van der Waals surface area contributed by atoms with Crippen molar-refractivity contribution in [1.82, 2.24) is 10.3 Å². The van der Waals surface area contributed by atoms with E-state index in [9.17, 15) is 4.79 Å². The molecule has 0 aliphatic heterocycles. The predicted octanol–water partition coefficient (Wildman–Crippen LogP) is 3.78. The zero-order chi connectivity index (χ0) is 16.0. The minimum Gasteiger partial charge on any atom is -0.444 e. The van der Waals surface area contributed by atoms with Crippen LogP contribution in [-0.4, -0.2) is 16.7 Å². The summed E-state index contributed by atoms with van der Waals surface area (Å²) in [5.74, 6) is 0. The largest absolute Gasteiger partial charge is 0.444 e. The summed E-state index contributed by atoms with van der Waals surface area (Å²) in [6, 6.07) is 7.68. The molecule has 1 heterocycles. The van der Waals surface area contributed by atoms with Crippen molar-refractivity contribution in [3.63, 3.8) is 0 Å². The van der Waals surface area contributed by atoms with Gasteiger partial charge in [0, 0.05) is 24.2 Å². The smallest absolute Gasteiger partial charge is 0.412 e. The third kappa shape index (κ3) is 5.83. The maximum absolute atomic E-state index is 11.7. The Morgan fingerprint density at radius 3 is 2.55 bits per heavy atom. The number of nitrogens with zero attached hydrogens (tertiary/aromatic N) is 1. The van der Waals surface area contributed by atoms with Crippen LogP contribution in [0.5, 0.6) is 0 Å². The average molecular weight is 319 g/mol. The number of aromatic nitrogens is 1. The van der Waals surface area contributed by atoms with Gasteiger partial charge in [0.15, 0.2) is 0 Å². The lowest BCUT2D eigenvalue weighted by Gasteiger charge is -2.19. The van der Waals surface area contributed by atoms with Crippen molar-refractivity contribution in [2.24, 2.45) is 0 Å². The Hall–Kier alpha value is -1.92. The highest BCUT2D eigenvalue weighted by atomic mass is 32.1. The van der Waals surface area contributed by atoms with Gasteiger partial charge in [0.2, 0.25) is 0 Å². The molecule has 118 valence electrons. The topological polar surface area (TPSA) is 63.2 Å². The molecule has 2 N–H and O–H groups in total. The van der Waals surface area contributed by atoms with Gasteiger partial charge in [0.05, 0.1) is 11.2 Å². The number of anilines is 1. The highest BCUT2D eigenvalue weighted by Gasteiger charge is 2.15. The van der Waals surface area contributed by atoms with Crippen LogP contribution in [0.15, 0.2) is 35.2 Å². The summed E-state index contributed by atoms with van der Waals surface area (Å²) in [5.41, 5.74) is 4.24. The van der Waals surface area contributed by atoms with Crippen LogP contribution >= 0.6 is 11.3 Å². The van der Waals surface area contributed by atoms with Crippen LogP contribution < -0.4 is 10.6 Å². The summed E-state index contributed by atoms with van der Waals surface area (Å²) in [5, 5.41) is 8.07. The lowest BCUT2D eigenvalue weighted by atomic mass is 10.2. The fraction of sp³-hybridized carbons (Fsp3) is 0.375. The standard InChI is InChI=1S/C16H21N3O2S/c1-16(2,3)21-15(20)19-13-6-4-12(5-7-13)8-17-9-14-10-22-11-18-14/h4-7,10-11,17H,8-9H2,1-3H3,(H,19,20). The van der Waals surface area contributed by atoms with Crippen molar-refractivity contribution in [2.75, 3.05) is 5.32 Å². The third-order valence-corrected chi connectivity index (χ3v) is 3.35. The Morgan fingerprint density at radius 2 is 1.95 bits per heavy atom. The van der Waals surface area contributed by atoms with Gasteiger partial charge in [-0.15, -0.1) is 11.3 Å². The van der Waals surface area contributed by atoms with Crippen molar-refractivity contribution >= 4 is 23.1 Å². The molecule has 0 atom stereocenters. The molecule has 0 fully saturated rings. The highest BCUT2D eigenvalue weighted by Crippen LogP contribution is 2.13. The van der Waals surface area contributed by atoms with E-state index in [2.05, 4.69) is 15.6 Å². The number of amides is 1. The maximum Gasteiger partial charge on any atom is 0.412 e. The lowest BCUT2D eigenvalue weighted by molar-refractivity contribution is 0.0636. The molecule has 0 saturated heterocycles. The molecule has 0 spiro atoms. The zero-order valence-corrected chi connectivity index (χ0v) is 13.9. The third-order valence-electron chi connectivity index (χ3n) is 2.72. The molecule has 0 radical (unpaired) electrons. The van der Waals surface area contributed by atoms with Gasteiger partial charge in [-0.2, -0.15) is 0 Å². The number of hydrogen-bond acceptors (Lipinski definition) is 5. The SMILES string of the molecule is CC(C)(C)OC(=O)Nc1ccc(CNCc2cscn2)cc1. The van der Waals surface area contributed by atoms with Gasteiger partial charge >= 0.3 is 6.09 Å². The van der Waals surface area contributed by atoms with Crippen molar-refractivity contribution in [3.8, 4) is 0 Å². The molecule has 6 heteroatoms. The summed E-state index contributed by atoms with van der Waals surface area (Å²) >= 11 is 1.59. The number of carbonyl (C=O) groups is 1. The van der Waals surface area contributed by atoms with Crippen molar-refractivity contribution in [3.05, 3.63) is 46.4 Å². The molecule has 22 heavy (non-hydrogen) atoms. The van der Waals surface area contributed by atoms with E-state index in [1.54, 1.807) is 11.3 Å². The van der Waals surface area contributed by atoms with E-state index >= 15 is 0 Å². The average Bonchev–Trinajstić information content (AvgIpc) is 2.92. The Labute approximate surface area is 134 Å². The van der Waals surface area contributed by atoms with Crippen LogP contribution in [0.25, 0.3) is 0 Å². The van der Waals surface area contributed by atoms with E-state index in [4.69, 9.17) is 4.74 Å². The Morgan fingerprint density at radius 1 is 1.23 bits per heavy atom. The summed E-state index contributed by atoms with van der Waals surface area (Å²) in [7, 11) is 0. The van der Waals surface area contributed by atoms with Crippen LogP contribution in [0.3, 0.4) is 0 Å². The molecule has 0 unspecified atom stereocenters. The summed E-state index contributed by atoms with van der Waals surface area (Å²) in [6.45, 7) is 7.02. The molecular weight excluding hydrogens is 298 g/mol. The Balaban J connectivity index is 1.78. The van der Waals surface area contributed by atoms with Gasteiger partial charge in [-0.05, 0) is 38.5 Å². The van der Waals surface area contributed by atoms with Gasteiger partial charge in [0.25, 0.3) is 0 Å². The fourth-order valence-electron chi connectivity index (χ4n) is 1.79.